The van der Waals surface area contributed by atoms with E-state index in [0.29, 0.717) is 0 Å². The Kier molecular flexibility index (Phi) is 2.45. The third kappa shape index (κ3) is 1.58. The zero-order chi connectivity index (χ0) is 10.3. The minimum absolute atomic E-state index is 0.955. The van der Waals surface area contributed by atoms with E-state index in [2.05, 4.69) is 24.3 Å². The second-order valence-electron chi connectivity index (χ2n) is 3.56. The first kappa shape index (κ1) is 9.67. The van der Waals surface area contributed by atoms with Crippen LogP contribution in [0.4, 0.5) is 0 Å². The zero-order valence-electron chi connectivity index (χ0n) is 8.03. The molecule has 0 aliphatic heterocycles. The Morgan fingerprint density at radius 1 is 0.933 bits per heavy atom. The summed E-state index contributed by atoms with van der Waals surface area (Å²) in [5.41, 5.74) is 1.92. The summed E-state index contributed by atoms with van der Waals surface area (Å²) in [6.07, 6.45) is 0. The SMILES string of the molecule is [Cl][Hg][c]1ccc2c(c1)oc1ccccc12. The van der Waals surface area contributed by atoms with E-state index in [9.17, 15) is 0 Å². The average Bonchev–Trinajstić information content (AvgIpc) is 2.66. The van der Waals surface area contributed by atoms with Crippen LogP contribution in [-0.4, -0.2) is 0 Å². The number of benzene rings is 2. The normalized spacial score (nSPS) is 10.7. The van der Waals surface area contributed by atoms with Crippen molar-refractivity contribution in [3.05, 3.63) is 42.5 Å². The van der Waals surface area contributed by atoms with Crippen LogP contribution < -0.4 is 3.07 Å². The van der Waals surface area contributed by atoms with Crippen LogP contribution in [0.15, 0.2) is 46.9 Å². The predicted molar refractivity (Wildman–Crippen MR) is 59.2 cm³/mol. The quantitative estimate of drug-likeness (QED) is 0.568. The van der Waals surface area contributed by atoms with Gasteiger partial charge < -0.3 is 0 Å². The summed E-state index contributed by atoms with van der Waals surface area (Å²) < 4.78 is 7.08. The van der Waals surface area contributed by atoms with Crippen molar-refractivity contribution in [2.75, 3.05) is 0 Å². The van der Waals surface area contributed by atoms with Crippen LogP contribution in [0.2, 0.25) is 0 Å². The van der Waals surface area contributed by atoms with Gasteiger partial charge in [0.25, 0.3) is 0 Å². The number of fused-ring (bicyclic) bond motifs is 3. The molecule has 0 aliphatic rings. The molecule has 0 N–H and O–H groups in total. The summed E-state index contributed by atoms with van der Waals surface area (Å²) in [7, 11) is 6.01. The van der Waals surface area contributed by atoms with Crippen molar-refractivity contribution in [1.29, 1.82) is 0 Å². The number of furan rings is 1. The Bertz CT molecular complexity index is 630. The molecule has 70 valence electrons. The van der Waals surface area contributed by atoms with Crippen molar-refractivity contribution >= 4 is 33.3 Å². The second-order valence-corrected chi connectivity index (χ2v) is 10.1. The number of hydrogen-bond acceptors (Lipinski definition) is 1. The van der Waals surface area contributed by atoms with Crippen LogP contribution in [0.25, 0.3) is 21.9 Å². The van der Waals surface area contributed by atoms with E-state index in [4.69, 9.17) is 12.7 Å². The van der Waals surface area contributed by atoms with Crippen LogP contribution in [0.1, 0.15) is 0 Å². The summed E-state index contributed by atoms with van der Waals surface area (Å²) in [4.78, 5) is 0. The van der Waals surface area contributed by atoms with E-state index >= 15 is 0 Å². The van der Waals surface area contributed by atoms with Gasteiger partial charge >= 0.3 is 103 Å². The molecule has 0 aliphatic carbocycles. The van der Waals surface area contributed by atoms with Crippen molar-refractivity contribution < 1.29 is 27.8 Å². The van der Waals surface area contributed by atoms with Gasteiger partial charge in [-0.3, -0.25) is 0 Å². The standard InChI is InChI=1S/C12H7O.ClH.Hg/c1-3-7-11-9(5-1)10-6-2-4-8-12(10)13-11;;/h1-3,5-8H;1H;/q;;+1/p-1. The van der Waals surface area contributed by atoms with Gasteiger partial charge in [0.1, 0.15) is 0 Å². The molecule has 0 spiro atoms. The molecule has 0 bridgehead atoms. The van der Waals surface area contributed by atoms with Gasteiger partial charge in [-0.2, -0.15) is 0 Å². The van der Waals surface area contributed by atoms with Crippen molar-refractivity contribution in [3.8, 4) is 0 Å². The summed E-state index contributed by atoms with van der Waals surface area (Å²) in [6.45, 7) is 0. The molecular formula is C12H7ClHgO. The molecule has 15 heavy (non-hydrogen) atoms. The van der Waals surface area contributed by atoms with E-state index in [0.717, 1.165) is 11.2 Å². The zero-order valence-corrected chi connectivity index (χ0v) is 14.3. The molecular weight excluding hydrogens is 396 g/mol. The van der Waals surface area contributed by atoms with Crippen LogP contribution in [0.3, 0.4) is 0 Å². The summed E-state index contributed by atoms with van der Waals surface area (Å²) in [5.74, 6) is 0. The Labute approximate surface area is 103 Å². The monoisotopic (exact) mass is 404 g/mol. The fraction of sp³-hybridized carbons (Fsp3) is 0. The third-order valence-corrected chi connectivity index (χ3v) is 8.22. The second kappa shape index (κ2) is 3.80. The fourth-order valence-corrected chi connectivity index (χ4v) is 5.14. The van der Waals surface area contributed by atoms with E-state index in [1.54, 1.807) is 0 Å². The number of para-hydroxylation sites is 1. The van der Waals surface area contributed by atoms with Crippen LogP contribution in [0, 0.1) is 0 Å². The molecule has 3 aromatic rings. The van der Waals surface area contributed by atoms with Gasteiger partial charge in [-0.15, -0.1) is 0 Å². The molecule has 0 atom stereocenters. The molecule has 1 nitrogen and oxygen atoms in total. The van der Waals surface area contributed by atoms with Crippen LogP contribution >= 0.6 is 8.25 Å². The van der Waals surface area contributed by atoms with Gasteiger partial charge in [0, 0.05) is 0 Å². The molecule has 3 rings (SSSR count). The molecule has 1 heterocycles. The topological polar surface area (TPSA) is 13.1 Å². The summed E-state index contributed by atoms with van der Waals surface area (Å²) >= 11 is -1.31. The van der Waals surface area contributed by atoms with Gasteiger partial charge in [0.2, 0.25) is 0 Å². The Morgan fingerprint density at radius 2 is 1.73 bits per heavy atom. The molecule has 1 aromatic heterocycles. The van der Waals surface area contributed by atoms with Crippen molar-refractivity contribution in [2.45, 2.75) is 0 Å². The molecule has 0 saturated carbocycles. The van der Waals surface area contributed by atoms with Crippen molar-refractivity contribution in [2.24, 2.45) is 0 Å². The molecule has 0 saturated heterocycles. The Balaban J connectivity index is 2.43. The maximum atomic E-state index is 6.01. The number of rotatable bonds is 1. The predicted octanol–water partition coefficient (Wildman–Crippen LogP) is 3.45. The molecule has 0 unspecified atom stereocenters. The van der Waals surface area contributed by atoms with Gasteiger partial charge in [-0.05, 0) is 0 Å². The van der Waals surface area contributed by atoms with Crippen molar-refractivity contribution in [3.63, 3.8) is 0 Å². The number of hydrogen-bond donors (Lipinski definition) is 0. The van der Waals surface area contributed by atoms with E-state index < -0.39 is 23.3 Å². The minimum atomic E-state index is -1.31. The molecule has 2 aromatic carbocycles. The maximum absolute atomic E-state index is 6.01. The summed E-state index contributed by atoms with van der Waals surface area (Å²) in [6, 6.07) is 14.5. The third-order valence-electron chi connectivity index (χ3n) is 2.60. The Hall–Kier alpha value is -0.535. The molecule has 0 fully saturated rings. The van der Waals surface area contributed by atoms with E-state index in [1.807, 2.05) is 18.2 Å². The van der Waals surface area contributed by atoms with E-state index in [1.165, 1.54) is 13.8 Å². The van der Waals surface area contributed by atoms with Gasteiger partial charge in [-0.25, -0.2) is 0 Å². The summed E-state index contributed by atoms with van der Waals surface area (Å²) in [5, 5.41) is 2.37. The van der Waals surface area contributed by atoms with Crippen LogP contribution in [-0.2, 0) is 23.3 Å². The van der Waals surface area contributed by atoms with Crippen molar-refractivity contribution in [1.82, 2.24) is 0 Å². The average molecular weight is 403 g/mol. The van der Waals surface area contributed by atoms with E-state index in [-0.39, 0.29) is 0 Å². The number of halogens is 1. The molecule has 3 heteroatoms. The van der Waals surface area contributed by atoms with Gasteiger partial charge in [0.15, 0.2) is 0 Å². The van der Waals surface area contributed by atoms with Gasteiger partial charge in [0.05, 0.1) is 0 Å². The Morgan fingerprint density at radius 3 is 2.60 bits per heavy atom. The van der Waals surface area contributed by atoms with Gasteiger partial charge in [-0.1, -0.05) is 0 Å². The first-order valence-electron chi connectivity index (χ1n) is 4.84. The molecule has 0 amide bonds. The van der Waals surface area contributed by atoms with Crippen LogP contribution in [0.5, 0.6) is 0 Å². The first-order chi connectivity index (χ1) is 7.38. The molecule has 0 radical (unpaired) electrons. The first-order valence-corrected chi connectivity index (χ1v) is 14.4. The fourth-order valence-electron chi connectivity index (χ4n) is 1.85.